The summed E-state index contributed by atoms with van der Waals surface area (Å²) in [6.07, 6.45) is 0.700. The molecule has 0 aromatic heterocycles. The van der Waals surface area contributed by atoms with Gasteiger partial charge in [0.25, 0.3) is 11.6 Å². The fourth-order valence-electron chi connectivity index (χ4n) is 2.73. The van der Waals surface area contributed by atoms with Crippen molar-refractivity contribution in [1.82, 2.24) is 5.32 Å². The summed E-state index contributed by atoms with van der Waals surface area (Å²) >= 11 is 0. The molecule has 6 nitrogen and oxygen atoms in total. The average Bonchev–Trinajstić information content (AvgIpc) is 2.59. The van der Waals surface area contributed by atoms with E-state index in [0.717, 1.165) is 16.9 Å². The molecule has 0 spiro atoms. The van der Waals surface area contributed by atoms with Gasteiger partial charge in [0.2, 0.25) is 0 Å². The van der Waals surface area contributed by atoms with Crippen molar-refractivity contribution in [2.24, 2.45) is 0 Å². The summed E-state index contributed by atoms with van der Waals surface area (Å²) in [5.41, 5.74) is 2.70. The first-order valence-corrected chi connectivity index (χ1v) is 8.07. The summed E-state index contributed by atoms with van der Waals surface area (Å²) < 4.78 is 5.26. The van der Waals surface area contributed by atoms with Crippen molar-refractivity contribution in [3.8, 4) is 5.75 Å². The van der Waals surface area contributed by atoms with Crippen LogP contribution >= 0.6 is 0 Å². The summed E-state index contributed by atoms with van der Waals surface area (Å²) in [5.74, 6) is 0.461. The first-order valence-electron chi connectivity index (χ1n) is 8.07. The third-order valence-electron chi connectivity index (χ3n) is 4.20. The zero-order chi connectivity index (χ0) is 18.6. The van der Waals surface area contributed by atoms with Gasteiger partial charge in [0.1, 0.15) is 5.75 Å². The second kappa shape index (κ2) is 7.79. The van der Waals surface area contributed by atoms with Crippen LogP contribution in [-0.4, -0.2) is 17.9 Å². The highest BCUT2D eigenvalue weighted by molar-refractivity contribution is 5.95. The van der Waals surface area contributed by atoms with Gasteiger partial charge in [-0.05, 0) is 43.5 Å². The van der Waals surface area contributed by atoms with Gasteiger partial charge in [0.15, 0.2) is 0 Å². The van der Waals surface area contributed by atoms with Gasteiger partial charge in [-0.1, -0.05) is 25.1 Å². The molecule has 6 heteroatoms. The van der Waals surface area contributed by atoms with Crippen molar-refractivity contribution < 1.29 is 14.5 Å². The topological polar surface area (TPSA) is 81.5 Å². The van der Waals surface area contributed by atoms with Crippen molar-refractivity contribution >= 4 is 11.6 Å². The highest BCUT2D eigenvalue weighted by atomic mass is 16.6. The van der Waals surface area contributed by atoms with Crippen LogP contribution in [-0.2, 0) is 0 Å². The number of methoxy groups -OCH3 is 1. The van der Waals surface area contributed by atoms with Crippen molar-refractivity contribution in [2.75, 3.05) is 7.11 Å². The number of nitro benzene ring substituents is 1. The zero-order valence-electron chi connectivity index (χ0n) is 14.8. The molecule has 0 fully saturated rings. The lowest BCUT2D eigenvalue weighted by atomic mass is 10.0. The van der Waals surface area contributed by atoms with Gasteiger partial charge in [-0.15, -0.1) is 0 Å². The number of hydrogen-bond donors (Lipinski definition) is 1. The Morgan fingerprint density at radius 1 is 1.20 bits per heavy atom. The molecule has 0 bridgehead atoms. The molecule has 0 radical (unpaired) electrons. The molecule has 0 aliphatic heterocycles. The highest BCUT2D eigenvalue weighted by Crippen LogP contribution is 2.25. The van der Waals surface area contributed by atoms with Gasteiger partial charge < -0.3 is 10.1 Å². The first kappa shape index (κ1) is 18.4. The van der Waals surface area contributed by atoms with Crippen LogP contribution in [0.25, 0.3) is 0 Å². The van der Waals surface area contributed by atoms with Crippen LogP contribution in [0.3, 0.4) is 0 Å². The maximum atomic E-state index is 12.5. The smallest absolute Gasteiger partial charge is 0.273 e. The Labute approximate surface area is 147 Å². The number of aryl methyl sites for hydroxylation is 2. The van der Waals surface area contributed by atoms with E-state index in [2.05, 4.69) is 5.32 Å². The van der Waals surface area contributed by atoms with Crippen molar-refractivity contribution in [2.45, 2.75) is 33.2 Å². The predicted octanol–water partition coefficient (Wildman–Crippen LogP) is 4.10. The van der Waals surface area contributed by atoms with E-state index in [9.17, 15) is 14.9 Å². The van der Waals surface area contributed by atoms with Crippen LogP contribution in [0.4, 0.5) is 5.69 Å². The number of rotatable bonds is 6. The Balaban J connectivity index is 2.24. The van der Waals surface area contributed by atoms with E-state index in [0.29, 0.717) is 12.0 Å². The van der Waals surface area contributed by atoms with E-state index >= 15 is 0 Å². The average molecular weight is 342 g/mol. The first-order chi connectivity index (χ1) is 11.9. The normalized spacial score (nSPS) is 11.7. The molecule has 0 saturated carbocycles. The van der Waals surface area contributed by atoms with E-state index in [1.165, 1.54) is 6.07 Å². The fourth-order valence-corrected chi connectivity index (χ4v) is 2.73. The Hall–Kier alpha value is -2.89. The number of benzene rings is 2. The molecular formula is C19H22N2O4. The molecule has 2 rings (SSSR count). The lowest BCUT2D eigenvalue weighted by Gasteiger charge is -2.19. The van der Waals surface area contributed by atoms with Crippen molar-refractivity contribution in [3.05, 3.63) is 68.8 Å². The number of amides is 1. The summed E-state index contributed by atoms with van der Waals surface area (Å²) in [4.78, 5) is 23.1. The molecule has 0 saturated heterocycles. The number of carbonyl (C=O) groups is 1. The number of nitrogens with one attached hydrogen (secondary N) is 1. The van der Waals surface area contributed by atoms with Crippen molar-refractivity contribution in [1.29, 1.82) is 0 Å². The maximum absolute atomic E-state index is 12.5. The minimum atomic E-state index is -0.476. The number of nitrogens with zero attached hydrogens (tertiary/aromatic N) is 1. The number of ether oxygens (including phenoxy) is 1. The number of nitro groups is 1. The molecule has 1 amide bonds. The zero-order valence-corrected chi connectivity index (χ0v) is 14.8. The van der Waals surface area contributed by atoms with Crippen LogP contribution in [0.1, 0.15) is 46.4 Å². The highest BCUT2D eigenvalue weighted by Gasteiger charge is 2.18. The molecule has 2 aromatic carbocycles. The van der Waals surface area contributed by atoms with Crippen molar-refractivity contribution in [3.63, 3.8) is 0 Å². The Morgan fingerprint density at radius 3 is 2.48 bits per heavy atom. The molecule has 1 atom stereocenters. The predicted molar refractivity (Wildman–Crippen MR) is 96.1 cm³/mol. The third kappa shape index (κ3) is 4.15. The van der Waals surface area contributed by atoms with Gasteiger partial charge in [-0.2, -0.15) is 0 Å². The summed E-state index contributed by atoms with van der Waals surface area (Å²) in [5, 5.41) is 14.0. The van der Waals surface area contributed by atoms with E-state index in [4.69, 9.17) is 4.74 Å². The molecule has 25 heavy (non-hydrogen) atoms. The standard InChI is InChI=1S/C19H22N2O4/c1-5-16(14-8-9-18(25-4)13(3)10-14)20-19(22)15-7-6-12(2)17(11-15)21(23)24/h6-11,16H,5H2,1-4H3,(H,20,22)/t16-/m1/s1. The minimum Gasteiger partial charge on any atom is -0.496 e. The van der Waals surface area contributed by atoms with E-state index in [1.54, 1.807) is 26.2 Å². The van der Waals surface area contributed by atoms with Gasteiger partial charge in [0, 0.05) is 17.2 Å². The number of hydrogen-bond acceptors (Lipinski definition) is 4. The molecule has 1 N–H and O–H groups in total. The minimum absolute atomic E-state index is 0.0546. The lowest BCUT2D eigenvalue weighted by molar-refractivity contribution is -0.385. The number of carbonyl (C=O) groups excluding carboxylic acids is 1. The van der Waals surface area contributed by atoms with Gasteiger partial charge in [-0.25, -0.2) is 0 Å². The van der Waals surface area contributed by atoms with Crippen LogP contribution in [0.5, 0.6) is 5.75 Å². The molecule has 0 aliphatic carbocycles. The molecule has 0 unspecified atom stereocenters. The molecule has 0 heterocycles. The van der Waals surface area contributed by atoms with Gasteiger partial charge >= 0.3 is 0 Å². The maximum Gasteiger partial charge on any atom is 0.273 e. The van der Waals surface area contributed by atoms with Crippen LogP contribution < -0.4 is 10.1 Å². The lowest BCUT2D eigenvalue weighted by Crippen LogP contribution is -2.28. The summed E-state index contributed by atoms with van der Waals surface area (Å²) in [6, 6.07) is 10.1. The molecule has 2 aromatic rings. The monoisotopic (exact) mass is 342 g/mol. The largest absolute Gasteiger partial charge is 0.496 e. The third-order valence-corrected chi connectivity index (χ3v) is 4.20. The summed E-state index contributed by atoms with van der Waals surface area (Å²) in [6.45, 7) is 5.57. The SMILES string of the molecule is CC[C@@H](NC(=O)c1ccc(C)c([N+](=O)[O-])c1)c1ccc(OC)c(C)c1. The summed E-state index contributed by atoms with van der Waals surface area (Å²) in [7, 11) is 1.62. The Morgan fingerprint density at radius 2 is 1.92 bits per heavy atom. The Bertz CT molecular complexity index is 802. The Kier molecular flexibility index (Phi) is 5.75. The molecule has 0 aliphatic rings. The van der Waals surface area contributed by atoms with Crippen LogP contribution in [0.2, 0.25) is 0 Å². The second-order valence-electron chi connectivity index (χ2n) is 5.92. The van der Waals surface area contributed by atoms with Gasteiger partial charge in [0.05, 0.1) is 18.1 Å². The second-order valence-corrected chi connectivity index (χ2v) is 5.92. The van der Waals surface area contributed by atoms with E-state index in [-0.39, 0.29) is 23.2 Å². The fraction of sp³-hybridized carbons (Fsp3) is 0.316. The molecule has 132 valence electrons. The van der Waals surface area contributed by atoms with Crippen LogP contribution in [0, 0.1) is 24.0 Å². The van der Waals surface area contributed by atoms with E-state index in [1.807, 2.05) is 32.0 Å². The van der Waals surface area contributed by atoms with E-state index < -0.39 is 4.92 Å². The van der Waals surface area contributed by atoms with Crippen LogP contribution in [0.15, 0.2) is 36.4 Å². The van der Waals surface area contributed by atoms with Gasteiger partial charge in [-0.3, -0.25) is 14.9 Å². The molecular weight excluding hydrogens is 320 g/mol. The quantitative estimate of drug-likeness (QED) is 0.633.